The second-order valence-corrected chi connectivity index (χ2v) is 7.13. The molecule has 21 heavy (non-hydrogen) atoms. The highest BCUT2D eigenvalue weighted by molar-refractivity contribution is 7.92. The van der Waals surface area contributed by atoms with Crippen LogP contribution in [0, 0.1) is 0 Å². The van der Waals surface area contributed by atoms with Gasteiger partial charge in [-0.2, -0.15) is 0 Å². The molecule has 0 saturated carbocycles. The molecule has 7 heteroatoms. The predicted molar refractivity (Wildman–Crippen MR) is 85.0 cm³/mol. The number of anilines is 1. The van der Waals surface area contributed by atoms with Gasteiger partial charge >= 0.3 is 0 Å². The monoisotopic (exact) mass is 327 g/mol. The third-order valence-electron chi connectivity index (χ3n) is 2.82. The summed E-state index contributed by atoms with van der Waals surface area (Å²) in [6.07, 6.45) is 1.48. The average Bonchev–Trinajstić information content (AvgIpc) is 2.88. The first-order valence-corrected chi connectivity index (χ1v) is 8.42. The van der Waals surface area contributed by atoms with E-state index in [0.717, 1.165) is 5.69 Å². The molecule has 0 spiro atoms. The van der Waals surface area contributed by atoms with Crippen LogP contribution in [-0.2, 0) is 16.6 Å². The van der Waals surface area contributed by atoms with E-state index >= 15 is 0 Å². The van der Waals surface area contributed by atoms with Crippen molar-refractivity contribution in [3.8, 4) is 0 Å². The highest BCUT2D eigenvalue weighted by Crippen LogP contribution is 2.19. The van der Waals surface area contributed by atoms with Crippen LogP contribution in [0.15, 0.2) is 41.4 Å². The van der Waals surface area contributed by atoms with Crippen LogP contribution in [0.2, 0.25) is 5.02 Å². The SMILES string of the molecule is CC(C)NCc1cc(S(=O)(=O)Nc2ccc(Cl)cc2)c[nH]1. The minimum Gasteiger partial charge on any atom is -0.363 e. The Bertz CT molecular complexity index is 693. The number of halogens is 1. The average molecular weight is 328 g/mol. The number of aromatic amines is 1. The van der Waals surface area contributed by atoms with Gasteiger partial charge in [-0.15, -0.1) is 0 Å². The summed E-state index contributed by atoms with van der Waals surface area (Å²) in [6, 6.07) is 8.46. The topological polar surface area (TPSA) is 74.0 Å². The summed E-state index contributed by atoms with van der Waals surface area (Å²) in [5.41, 5.74) is 1.29. The maximum atomic E-state index is 12.3. The largest absolute Gasteiger partial charge is 0.363 e. The normalized spacial score (nSPS) is 11.8. The first kappa shape index (κ1) is 15.9. The molecular formula is C14H18ClN3O2S. The van der Waals surface area contributed by atoms with Gasteiger partial charge in [0, 0.05) is 35.2 Å². The molecule has 2 aromatic rings. The van der Waals surface area contributed by atoms with Crippen LogP contribution in [0.3, 0.4) is 0 Å². The molecule has 0 radical (unpaired) electrons. The van der Waals surface area contributed by atoms with Gasteiger partial charge < -0.3 is 10.3 Å². The Hall–Kier alpha value is -1.50. The van der Waals surface area contributed by atoms with Gasteiger partial charge in [-0.25, -0.2) is 8.42 Å². The van der Waals surface area contributed by atoms with E-state index in [-0.39, 0.29) is 4.90 Å². The quantitative estimate of drug-likeness (QED) is 0.763. The lowest BCUT2D eigenvalue weighted by Crippen LogP contribution is -2.21. The van der Waals surface area contributed by atoms with Crippen molar-refractivity contribution < 1.29 is 8.42 Å². The van der Waals surface area contributed by atoms with Crippen LogP contribution < -0.4 is 10.0 Å². The fourth-order valence-corrected chi connectivity index (χ4v) is 2.92. The Morgan fingerprint density at radius 1 is 1.24 bits per heavy atom. The second kappa shape index (κ2) is 6.51. The third-order valence-corrected chi connectivity index (χ3v) is 4.44. The fourth-order valence-electron chi connectivity index (χ4n) is 1.72. The molecule has 0 amide bonds. The lowest BCUT2D eigenvalue weighted by Gasteiger charge is -2.06. The first-order chi connectivity index (χ1) is 9.87. The zero-order valence-electron chi connectivity index (χ0n) is 11.9. The predicted octanol–water partition coefficient (Wildman–Crippen LogP) is 2.97. The number of sulfonamides is 1. The van der Waals surface area contributed by atoms with Crippen LogP contribution in [0.5, 0.6) is 0 Å². The number of H-pyrrole nitrogens is 1. The molecule has 0 aliphatic heterocycles. The minimum atomic E-state index is -3.60. The van der Waals surface area contributed by atoms with Crippen molar-refractivity contribution in [1.29, 1.82) is 0 Å². The van der Waals surface area contributed by atoms with Gasteiger partial charge in [0.25, 0.3) is 10.0 Å². The summed E-state index contributed by atoms with van der Waals surface area (Å²) in [5.74, 6) is 0. The van der Waals surface area contributed by atoms with Gasteiger partial charge in [-0.3, -0.25) is 4.72 Å². The number of nitrogens with one attached hydrogen (secondary N) is 3. The summed E-state index contributed by atoms with van der Waals surface area (Å²) >= 11 is 5.77. The van der Waals surface area contributed by atoms with Gasteiger partial charge in [0.15, 0.2) is 0 Å². The van der Waals surface area contributed by atoms with Crippen LogP contribution in [0.4, 0.5) is 5.69 Å². The van der Waals surface area contributed by atoms with Gasteiger partial charge in [-0.05, 0) is 30.3 Å². The zero-order valence-corrected chi connectivity index (χ0v) is 13.4. The maximum Gasteiger partial charge on any atom is 0.263 e. The molecule has 0 bridgehead atoms. The van der Waals surface area contributed by atoms with Crippen molar-refractivity contribution in [3.05, 3.63) is 47.2 Å². The van der Waals surface area contributed by atoms with Gasteiger partial charge in [0.05, 0.1) is 0 Å². The molecule has 0 aliphatic rings. The standard InChI is InChI=1S/C14H18ClN3O2S/c1-10(2)16-8-13-7-14(9-17-13)21(19,20)18-12-5-3-11(15)4-6-12/h3-7,9-10,16-18H,8H2,1-2H3. The molecule has 3 N–H and O–H groups in total. The van der Waals surface area contributed by atoms with Crippen molar-refractivity contribution >= 4 is 27.3 Å². The van der Waals surface area contributed by atoms with Crippen LogP contribution in [0.1, 0.15) is 19.5 Å². The summed E-state index contributed by atoms with van der Waals surface area (Å²) < 4.78 is 27.0. The number of hydrogen-bond donors (Lipinski definition) is 3. The van der Waals surface area contributed by atoms with Crippen molar-refractivity contribution in [2.24, 2.45) is 0 Å². The molecule has 1 aromatic carbocycles. The molecule has 1 heterocycles. The highest BCUT2D eigenvalue weighted by Gasteiger charge is 2.16. The Balaban J connectivity index is 2.10. The number of benzene rings is 1. The molecule has 1 aromatic heterocycles. The van der Waals surface area contributed by atoms with Gasteiger partial charge in [0.2, 0.25) is 0 Å². The van der Waals surface area contributed by atoms with E-state index in [4.69, 9.17) is 11.6 Å². The first-order valence-electron chi connectivity index (χ1n) is 6.56. The molecule has 0 unspecified atom stereocenters. The lowest BCUT2D eigenvalue weighted by atomic mass is 10.3. The van der Waals surface area contributed by atoms with Crippen LogP contribution in [-0.4, -0.2) is 19.4 Å². The molecule has 0 saturated heterocycles. The van der Waals surface area contributed by atoms with E-state index in [1.807, 2.05) is 13.8 Å². The fraction of sp³-hybridized carbons (Fsp3) is 0.286. The Labute approximate surface area is 129 Å². The van der Waals surface area contributed by atoms with Crippen LogP contribution in [0.25, 0.3) is 0 Å². The van der Waals surface area contributed by atoms with E-state index in [1.54, 1.807) is 30.3 Å². The van der Waals surface area contributed by atoms with Crippen molar-refractivity contribution in [2.45, 2.75) is 31.3 Å². The molecular weight excluding hydrogens is 310 g/mol. The minimum absolute atomic E-state index is 0.206. The van der Waals surface area contributed by atoms with Crippen molar-refractivity contribution in [3.63, 3.8) is 0 Å². The Morgan fingerprint density at radius 2 is 1.90 bits per heavy atom. The Kier molecular flexibility index (Phi) is 4.92. The van der Waals surface area contributed by atoms with Crippen molar-refractivity contribution in [1.82, 2.24) is 10.3 Å². The van der Waals surface area contributed by atoms with Crippen molar-refractivity contribution in [2.75, 3.05) is 4.72 Å². The highest BCUT2D eigenvalue weighted by atomic mass is 35.5. The maximum absolute atomic E-state index is 12.3. The van der Waals surface area contributed by atoms with E-state index in [0.29, 0.717) is 23.3 Å². The lowest BCUT2D eigenvalue weighted by molar-refractivity contribution is 0.582. The van der Waals surface area contributed by atoms with E-state index < -0.39 is 10.0 Å². The zero-order chi connectivity index (χ0) is 15.5. The molecule has 5 nitrogen and oxygen atoms in total. The molecule has 0 fully saturated rings. The van der Waals surface area contributed by atoms with E-state index in [1.165, 1.54) is 6.20 Å². The van der Waals surface area contributed by atoms with Gasteiger partial charge in [0.1, 0.15) is 4.90 Å². The summed E-state index contributed by atoms with van der Waals surface area (Å²) in [4.78, 5) is 3.17. The second-order valence-electron chi connectivity index (χ2n) is 5.01. The summed E-state index contributed by atoms with van der Waals surface area (Å²) in [6.45, 7) is 4.65. The third kappa shape index (κ3) is 4.49. The molecule has 2 rings (SSSR count). The molecule has 114 valence electrons. The van der Waals surface area contributed by atoms with Gasteiger partial charge in [-0.1, -0.05) is 25.4 Å². The van der Waals surface area contributed by atoms with Crippen LogP contribution >= 0.6 is 11.6 Å². The number of aromatic nitrogens is 1. The number of rotatable bonds is 6. The van der Waals surface area contributed by atoms with E-state index in [9.17, 15) is 8.42 Å². The smallest absolute Gasteiger partial charge is 0.263 e. The van der Waals surface area contributed by atoms with E-state index in [2.05, 4.69) is 15.0 Å². The Morgan fingerprint density at radius 3 is 2.52 bits per heavy atom. The summed E-state index contributed by atoms with van der Waals surface area (Å²) in [5, 5.41) is 3.78. The number of hydrogen-bond acceptors (Lipinski definition) is 3. The molecule has 0 atom stereocenters. The molecule has 0 aliphatic carbocycles. The summed E-state index contributed by atoms with van der Waals surface area (Å²) in [7, 11) is -3.60.